The van der Waals surface area contributed by atoms with E-state index in [4.69, 9.17) is 9.84 Å². The Kier molecular flexibility index (Phi) is 5.03. The van der Waals surface area contributed by atoms with Gasteiger partial charge in [0.15, 0.2) is 0 Å². The largest absolute Gasteiger partial charge is 0.381 e. The number of hydrogen-bond donors (Lipinski definition) is 1. The number of fused-ring (bicyclic) bond motifs is 2. The van der Waals surface area contributed by atoms with Crippen LogP contribution < -0.4 is 10.2 Å². The predicted octanol–water partition coefficient (Wildman–Crippen LogP) is 3.23. The highest BCUT2D eigenvalue weighted by Gasteiger charge is 2.30. The summed E-state index contributed by atoms with van der Waals surface area (Å²) in [7, 11) is 1.98. The summed E-state index contributed by atoms with van der Waals surface area (Å²) in [6.45, 7) is 6.87. The Bertz CT molecular complexity index is 1130. The quantitative estimate of drug-likeness (QED) is 0.689. The molecule has 0 spiro atoms. The maximum atomic E-state index is 5.63. The summed E-state index contributed by atoms with van der Waals surface area (Å²) in [6.07, 6.45) is 8.29. The summed E-state index contributed by atoms with van der Waals surface area (Å²) in [5.41, 5.74) is 9.42. The third kappa shape index (κ3) is 3.35. The number of nitrogens with zero attached hydrogens (tertiary/aromatic N) is 5. The van der Waals surface area contributed by atoms with Gasteiger partial charge in [-0.2, -0.15) is 10.2 Å². The Morgan fingerprint density at radius 3 is 2.84 bits per heavy atom. The van der Waals surface area contributed by atoms with Gasteiger partial charge in [0.25, 0.3) is 0 Å². The number of aryl methyl sites for hydroxylation is 1. The summed E-state index contributed by atoms with van der Waals surface area (Å²) in [5, 5.41) is 13.3. The lowest BCUT2D eigenvalue weighted by Crippen LogP contribution is -2.38. The number of ether oxygens (including phenoxy) is 1. The molecule has 1 atom stereocenters. The fraction of sp³-hybridized carbons (Fsp3) is 0.520. The van der Waals surface area contributed by atoms with Gasteiger partial charge in [-0.15, -0.1) is 0 Å². The van der Waals surface area contributed by atoms with E-state index in [1.54, 1.807) is 0 Å². The van der Waals surface area contributed by atoms with Crippen molar-refractivity contribution in [1.29, 1.82) is 0 Å². The molecule has 1 aromatic carbocycles. The average Bonchev–Trinajstić information content (AvgIpc) is 3.43. The molecule has 0 bridgehead atoms. The van der Waals surface area contributed by atoms with E-state index in [2.05, 4.69) is 51.3 Å². The molecule has 2 aromatic heterocycles. The molecule has 6 rings (SSSR count). The summed E-state index contributed by atoms with van der Waals surface area (Å²) in [4.78, 5) is 2.47. The van der Waals surface area contributed by atoms with Crippen LogP contribution in [0.2, 0.25) is 0 Å². The van der Waals surface area contributed by atoms with Crippen molar-refractivity contribution in [2.45, 2.75) is 57.8 Å². The third-order valence-electron chi connectivity index (χ3n) is 7.42. The van der Waals surface area contributed by atoms with E-state index in [-0.39, 0.29) is 0 Å². The number of aromatic nitrogens is 4. The predicted molar refractivity (Wildman–Crippen MR) is 125 cm³/mol. The Morgan fingerprint density at radius 2 is 2.03 bits per heavy atom. The minimum absolute atomic E-state index is 0.416. The van der Waals surface area contributed by atoms with Crippen LogP contribution >= 0.6 is 0 Å². The zero-order chi connectivity index (χ0) is 21.7. The summed E-state index contributed by atoms with van der Waals surface area (Å²) in [6, 6.07) is 7.66. The average molecular weight is 433 g/mol. The van der Waals surface area contributed by atoms with Crippen molar-refractivity contribution in [3.63, 3.8) is 0 Å². The minimum Gasteiger partial charge on any atom is -0.381 e. The Balaban J connectivity index is 1.41. The first-order valence-corrected chi connectivity index (χ1v) is 11.9. The Morgan fingerprint density at radius 1 is 1.16 bits per heavy atom. The Hall–Kier alpha value is -2.64. The molecule has 1 fully saturated rings. The second-order valence-electron chi connectivity index (χ2n) is 9.49. The lowest BCUT2D eigenvalue weighted by Gasteiger charge is -2.36. The molecule has 7 heteroatoms. The van der Waals surface area contributed by atoms with Gasteiger partial charge in [0.2, 0.25) is 0 Å². The lowest BCUT2D eigenvalue weighted by molar-refractivity contribution is 0.0654. The Labute approximate surface area is 189 Å². The van der Waals surface area contributed by atoms with E-state index in [1.807, 2.05) is 17.9 Å². The lowest BCUT2D eigenvalue weighted by atomic mass is 9.88. The molecule has 3 aliphatic heterocycles. The van der Waals surface area contributed by atoms with Crippen molar-refractivity contribution in [3.8, 4) is 11.3 Å². The van der Waals surface area contributed by atoms with Gasteiger partial charge in [0.05, 0.1) is 23.6 Å². The second-order valence-corrected chi connectivity index (χ2v) is 9.49. The highest BCUT2D eigenvalue weighted by atomic mass is 16.5. The number of benzene rings is 1. The van der Waals surface area contributed by atoms with Gasteiger partial charge in [-0.05, 0) is 37.3 Å². The van der Waals surface area contributed by atoms with E-state index >= 15 is 0 Å². The monoisotopic (exact) mass is 432 g/mol. The molecule has 7 nitrogen and oxygen atoms in total. The van der Waals surface area contributed by atoms with E-state index in [1.165, 1.54) is 39.3 Å². The molecule has 168 valence electrons. The molecule has 0 amide bonds. The molecular weight excluding hydrogens is 400 g/mol. The third-order valence-corrected chi connectivity index (χ3v) is 7.42. The van der Waals surface area contributed by atoms with Crippen LogP contribution in [0.5, 0.6) is 0 Å². The normalized spacial score (nSPS) is 21.4. The molecular formula is C25H32N6O. The van der Waals surface area contributed by atoms with Crippen molar-refractivity contribution in [2.75, 3.05) is 24.7 Å². The molecule has 5 heterocycles. The van der Waals surface area contributed by atoms with Crippen LogP contribution in [0.4, 0.5) is 5.69 Å². The van der Waals surface area contributed by atoms with E-state index < -0.39 is 0 Å². The topological polar surface area (TPSA) is 60.1 Å². The number of anilines is 1. The van der Waals surface area contributed by atoms with Gasteiger partial charge < -0.3 is 15.0 Å². The van der Waals surface area contributed by atoms with Crippen LogP contribution in [0.15, 0.2) is 30.6 Å². The summed E-state index contributed by atoms with van der Waals surface area (Å²) in [5.74, 6) is 0. The first-order valence-electron chi connectivity index (χ1n) is 11.9. The van der Waals surface area contributed by atoms with Crippen LogP contribution in [0.3, 0.4) is 0 Å². The van der Waals surface area contributed by atoms with Crippen molar-refractivity contribution in [2.24, 2.45) is 7.05 Å². The fourth-order valence-electron chi connectivity index (χ4n) is 5.72. The maximum Gasteiger partial charge on any atom is 0.0974 e. The highest BCUT2D eigenvalue weighted by Crippen LogP contribution is 2.38. The second kappa shape index (κ2) is 8.05. The fourth-order valence-corrected chi connectivity index (χ4v) is 5.72. The van der Waals surface area contributed by atoms with Gasteiger partial charge in [0, 0.05) is 75.4 Å². The minimum atomic E-state index is 0.416. The molecule has 1 N–H and O–H groups in total. The number of hydrogen-bond acceptors (Lipinski definition) is 5. The molecule has 3 aliphatic rings. The van der Waals surface area contributed by atoms with E-state index in [0.717, 1.165) is 58.5 Å². The van der Waals surface area contributed by atoms with Crippen LogP contribution in [0.25, 0.3) is 11.3 Å². The van der Waals surface area contributed by atoms with Gasteiger partial charge in [-0.1, -0.05) is 18.2 Å². The van der Waals surface area contributed by atoms with Gasteiger partial charge in [-0.3, -0.25) is 9.36 Å². The molecule has 1 unspecified atom stereocenters. The van der Waals surface area contributed by atoms with Crippen LogP contribution in [0.1, 0.15) is 48.2 Å². The molecule has 3 aromatic rings. The van der Waals surface area contributed by atoms with Crippen molar-refractivity contribution < 1.29 is 4.74 Å². The van der Waals surface area contributed by atoms with Crippen molar-refractivity contribution in [3.05, 3.63) is 53.0 Å². The first kappa shape index (κ1) is 20.0. The molecule has 32 heavy (non-hydrogen) atoms. The van der Waals surface area contributed by atoms with Crippen LogP contribution in [-0.4, -0.2) is 45.4 Å². The number of nitrogens with one attached hydrogen (secondary N) is 1. The van der Waals surface area contributed by atoms with Crippen LogP contribution in [0, 0.1) is 0 Å². The summed E-state index contributed by atoms with van der Waals surface area (Å²) < 4.78 is 9.87. The highest BCUT2D eigenvalue weighted by molar-refractivity contribution is 5.71. The summed E-state index contributed by atoms with van der Waals surface area (Å²) >= 11 is 0. The number of rotatable bonds is 3. The van der Waals surface area contributed by atoms with E-state index in [0.29, 0.717) is 12.1 Å². The van der Waals surface area contributed by atoms with Gasteiger partial charge >= 0.3 is 0 Å². The maximum absolute atomic E-state index is 5.63. The molecule has 0 saturated carbocycles. The first-order chi connectivity index (χ1) is 15.7. The standard InChI is InChI=1S/C25H32N6O/c1-17-12-22-18(15-30(17)20-13-27-29(2)16-20)4-3-5-21(22)25-23-14-26-9-6-24(23)31(28-25)19-7-10-32-11-8-19/h3-5,13,16-17,19,26H,6-12,14-15H2,1-2H3. The zero-order valence-electron chi connectivity index (χ0n) is 19.0. The van der Waals surface area contributed by atoms with E-state index in [9.17, 15) is 0 Å². The van der Waals surface area contributed by atoms with Gasteiger partial charge in [0.1, 0.15) is 0 Å². The molecule has 0 aliphatic carbocycles. The van der Waals surface area contributed by atoms with Crippen molar-refractivity contribution in [1.82, 2.24) is 24.9 Å². The zero-order valence-corrected chi connectivity index (χ0v) is 19.0. The molecule has 1 saturated heterocycles. The molecule has 0 radical (unpaired) electrons. The van der Waals surface area contributed by atoms with Crippen molar-refractivity contribution >= 4 is 5.69 Å². The van der Waals surface area contributed by atoms with Crippen LogP contribution in [-0.2, 0) is 37.7 Å². The smallest absolute Gasteiger partial charge is 0.0974 e. The SMILES string of the molecule is CC1Cc2c(cccc2-c2nn(C3CCOCC3)c3c2CNCC3)CN1c1cnn(C)c1. The van der Waals surface area contributed by atoms with Gasteiger partial charge in [-0.25, -0.2) is 0 Å².